The molecule has 1 aliphatic heterocycles. The van der Waals surface area contributed by atoms with Crippen molar-refractivity contribution in [3.63, 3.8) is 0 Å². The van der Waals surface area contributed by atoms with Crippen LogP contribution in [0, 0.1) is 0 Å². The number of carbonyl (C=O) groups is 1. The van der Waals surface area contributed by atoms with Gasteiger partial charge in [-0.1, -0.05) is 42.4 Å². The third kappa shape index (κ3) is 4.71. The number of rotatable bonds is 6. The Labute approximate surface area is 184 Å². The smallest absolute Gasteiger partial charge is 0.306 e. The molecule has 3 heterocycles. The first-order valence-corrected chi connectivity index (χ1v) is 11.0. The van der Waals surface area contributed by atoms with E-state index < -0.39 is 0 Å². The summed E-state index contributed by atoms with van der Waals surface area (Å²) >= 11 is 8.00. The van der Waals surface area contributed by atoms with Crippen molar-refractivity contribution in [3.05, 3.63) is 35.4 Å². The lowest BCUT2D eigenvalue weighted by molar-refractivity contribution is -0.140. The van der Waals surface area contributed by atoms with E-state index in [2.05, 4.69) is 32.0 Å². The van der Waals surface area contributed by atoms with Gasteiger partial charge in [-0.05, 0) is 18.2 Å². The fraction of sp³-hybridized carbons (Fsp3) is 0.381. The average molecular weight is 447 g/mol. The molecule has 7 nitrogen and oxygen atoms in total. The van der Waals surface area contributed by atoms with Crippen LogP contribution in [0.2, 0.25) is 5.02 Å². The molecule has 2 aromatic heterocycles. The van der Waals surface area contributed by atoms with Crippen molar-refractivity contribution in [1.82, 2.24) is 15.0 Å². The average Bonchev–Trinajstić information content (AvgIpc) is 3.14. The molecule has 3 aromatic rings. The zero-order chi connectivity index (χ0) is 21.1. The topological polar surface area (TPSA) is 80.3 Å². The Kier molecular flexibility index (Phi) is 6.46. The standard InChI is InChI=1S/C21H23ClN4O3S/c1-13(11-18(27)28-2)30-21-23-17-12-16(22)19(24-20(17)25-21)14-3-5-15(6-4-14)26-7-9-29-10-8-26/h3-6,12-13H,7-11H2,1-2H3,(H,23,24,25). The van der Waals surface area contributed by atoms with E-state index in [1.807, 2.05) is 25.1 Å². The van der Waals surface area contributed by atoms with Crippen molar-refractivity contribution in [2.75, 3.05) is 38.3 Å². The van der Waals surface area contributed by atoms with E-state index >= 15 is 0 Å². The van der Waals surface area contributed by atoms with Crippen molar-refractivity contribution < 1.29 is 14.3 Å². The van der Waals surface area contributed by atoms with Crippen LogP contribution in [0.25, 0.3) is 22.4 Å². The number of hydrogen-bond acceptors (Lipinski definition) is 7. The number of ether oxygens (including phenoxy) is 2. The van der Waals surface area contributed by atoms with E-state index in [9.17, 15) is 4.79 Å². The lowest BCUT2D eigenvalue weighted by Crippen LogP contribution is -2.36. The number of morpholine rings is 1. The van der Waals surface area contributed by atoms with Crippen LogP contribution in [0.4, 0.5) is 5.69 Å². The van der Waals surface area contributed by atoms with Crippen LogP contribution in [-0.2, 0) is 14.3 Å². The summed E-state index contributed by atoms with van der Waals surface area (Å²) in [5.41, 5.74) is 4.16. The van der Waals surface area contributed by atoms with Crippen LogP contribution >= 0.6 is 23.4 Å². The van der Waals surface area contributed by atoms with Crippen LogP contribution < -0.4 is 4.90 Å². The number of hydrogen-bond donors (Lipinski definition) is 1. The maximum atomic E-state index is 11.5. The number of esters is 1. The van der Waals surface area contributed by atoms with Gasteiger partial charge in [-0.15, -0.1) is 0 Å². The zero-order valence-electron chi connectivity index (χ0n) is 16.9. The molecule has 4 rings (SSSR count). The number of methoxy groups -OCH3 is 1. The molecular weight excluding hydrogens is 424 g/mol. The summed E-state index contributed by atoms with van der Waals surface area (Å²) in [7, 11) is 1.39. The predicted molar refractivity (Wildman–Crippen MR) is 119 cm³/mol. The van der Waals surface area contributed by atoms with Gasteiger partial charge in [0.25, 0.3) is 0 Å². The minimum absolute atomic E-state index is 0.0284. The molecule has 1 fully saturated rings. The minimum atomic E-state index is -0.241. The summed E-state index contributed by atoms with van der Waals surface area (Å²) in [6.07, 6.45) is 0.313. The summed E-state index contributed by atoms with van der Waals surface area (Å²) in [6.45, 7) is 5.25. The van der Waals surface area contributed by atoms with E-state index in [4.69, 9.17) is 21.1 Å². The molecule has 9 heteroatoms. The summed E-state index contributed by atoms with van der Waals surface area (Å²) in [4.78, 5) is 26.2. The molecular formula is C21H23ClN4O3S. The minimum Gasteiger partial charge on any atom is -0.469 e. The molecule has 1 aliphatic rings. The fourth-order valence-corrected chi connectivity index (χ4v) is 4.52. The van der Waals surface area contributed by atoms with Crippen LogP contribution in [0.3, 0.4) is 0 Å². The van der Waals surface area contributed by atoms with Crippen LogP contribution in [-0.4, -0.2) is 59.6 Å². The van der Waals surface area contributed by atoms with Gasteiger partial charge in [-0.2, -0.15) is 0 Å². The Hall–Kier alpha value is -2.29. The van der Waals surface area contributed by atoms with Crippen molar-refractivity contribution in [3.8, 4) is 11.3 Å². The molecule has 1 atom stereocenters. The number of aromatic nitrogens is 3. The summed E-state index contributed by atoms with van der Waals surface area (Å²) in [5, 5.41) is 1.29. The van der Waals surface area contributed by atoms with Crippen molar-refractivity contribution in [2.45, 2.75) is 23.8 Å². The monoisotopic (exact) mass is 446 g/mol. The SMILES string of the molecule is COC(=O)CC(C)Sc1nc2nc(-c3ccc(N4CCOCC4)cc3)c(Cl)cc2[nH]1. The Morgan fingerprint density at radius 1 is 1.30 bits per heavy atom. The van der Waals surface area contributed by atoms with Crippen molar-refractivity contribution in [1.29, 1.82) is 0 Å². The van der Waals surface area contributed by atoms with Crippen molar-refractivity contribution >= 4 is 46.2 Å². The molecule has 158 valence electrons. The number of pyridine rings is 1. The van der Waals surface area contributed by atoms with Gasteiger partial charge in [0.2, 0.25) is 0 Å². The fourth-order valence-electron chi connectivity index (χ4n) is 3.36. The van der Waals surface area contributed by atoms with Gasteiger partial charge < -0.3 is 19.4 Å². The van der Waals surface area contributed by atoms with Gasteiger partial charge in [-0.3, -0.25) is 4.79 Å². The molecule has 0 aliphatic carbocycles. The maximum absolute atomic E-state index is 11.5. The Morgan fingerprint density at radius 3 is 2.73 bits per heavy atom. The molecule has 30 heavy (non-hydrogen) atoms. The van der Waals surface area contributed by atoms with Crippen molar-refractivity contribution in [2.24, 2.45) is 0 Å². The highest BCUT2D eigenvalue weighted by Crippen LogP contribution is 2.32. The number of H-pyrrole nitrogens is 1. The molecule has 0 radical (unpaired) electrons. The van der Waals surface area contributed by atoms with Crippen LogP contribution in [0.1, 0.15) is 13.3 Å². The van der Waals surface area contributed by atoms with Gasteiger partial charge >= 0.3 is 5.97 Å². The van der Waals surface area contributed by atoms with Gasteiger partial charge in [0.05, 0.1) is 43.0 Å². The number of aromatic amines is 1. The van der Waals surface area contributed by atoms with Gasteiger partial charge in [0.1, 0.15) is 0 Å². The largest absolute Gasteiger partial charge is 0.469 e. The van der Waals surface area contributed by atoms with Gasteiger partial charge in [-0.25, -0.2) is 9.97 Å². The highest BCUT2D eigenvalue weighted by molar-refractivity contribution is 7.99. The van der Waals surface area contributed by atoms with E-state index in [-0.39, 0.29) is 11.2 Å². The third-order valence-corrected chi connectivity index (χ3v) is 6.19. The highest BCUT2D eigenvalue weighted by atomic mass is 35.5. The number of carbonyl (C=O) groups excluding carboxylic acids is 1. The molecule has 0 bridgehead atoms. The normalized spacial score (nSPS) is 15.4. The third-order valence-electron chi connectivity index (χ3n) is 4.92. The van der Waals surface area contributed by atoms with E-state index in [1.54, 1.807) is 0 Å². The quantitative estimate of drug-likeness (QED) is 0.449. The Bertz CT molecular complexity index is 1030. The highest BCUT2D eigenvalue weighted by Gasteiger charge is 2.16. The van der Waals surface area contributed by atoms with Crippen LogP contribution in [0.15, 0.2) is 35.5 Å². The second-order valence-electron chi connectivity index (χ2n) is 7.09. The number of nitrogens with zero attached hydrogens (tertiary/aromatic N) is 3. The molecule has 1 aromatic carbocycles. The Morgan fingerprint density at radius 2 is 2.03 bits per heavy atom. The van der Waals surface area contributed by atoms with E-state index in [0.29, 0.717) is 27.9 Å². The first-order chi connectivity index (χ1) is 14.5. The van der Waals surface area contributed by atoms with E-state index in [0.717, 1.165) is 43.1 Å². The number of imidazole rings is 1. The molecule has 1 saturated heterocycles. The Balaban J connectivity index is 1.54. The van der Waals surface area contributed by atoms with Gasteiger partial charge in [0, 0.05) is 29.6 Å². The lowest BCUT2D eigenvalue weighted by Gasteiger charge is -2.28. The molecule has 1 unspecified atom stereocenters. The first kappa shape index (κ1) is 21.0. The second kappa shape index (κ2) is 9.24. The summed E-state index contributed by atoms with van der Waals surface area (Å²) in [6, 6.07) is 10.1. The number of thioether (sulfide) groups is 1. The van der Waals surface area contributed by atoms with Crippen LogP contribution in [0.5, 0.6) is 0 Å². The summed E-state index contributed by atoms with van der Waals surface area (Å²) < 4.78 is 10.1. The molecule has 0 spiro atoms. The predicted octanol–water partition coefficient (Wildman–Crippen LogP) is 4.16. The van der Waals surface area contributed by atoms with Gasteiger partial charge in [0.15, 0.2) is 10.8 Å². The van der Waals surface area contributed by atoms with E-state index in [1.165, 1.54) is 18.9 Å². The molecule has 0 amide bonds. The summed E-state index contributed by atoms with van der Waals surface area (Å²) in [5.74, 6) is -0.241. The first-order valence-electron chi connectivity index (χ1n) is 9.76. The second-order valence-corrected chi connectivity index (χ2v) is 8.92. The number of benzene rings is 1. The number of fused-ring (bicyclic) bond motifs is 1. The molecule has 1 N–H and O–H groups in total. The zero-order valence-corrected chi connectivity index (χ0v) is 18.4. The molecule has 0 saturated carbocycles. The lowest BCUT2D eigenvalue weighted by atomic mass is 10.1. The maximum Gasteiger partial charge on any atom is 0.306 e. The number of nitrogens with one attached hydrogen (secondary N) is 1. The number of anilines is 1. The number of halogens is 1.